The third kappa shape index (κ3) is 4.11. The molecule has 0 aromatic rings. The molecule has 0 aliphatic carbocycles. The molecule has 0 aromatic heterocycles. The normalized spacial score (nSPS) is 23.6. The van der Waals surface area contributed by atoms with E-state index in [1.807, 2.05) is 20.8 Å². The number of rotatable bonds is 2. The average Bonchev–Trinajstić information content (AvgIpc) is 2.70. The van der Waals surface area contributed by atoms with Crippen molar-refractivity contribution in [2.24, 2.45) is 11.8 Å². The van der Waals surface area contributed by atoms with Gasteiger partial charge in [0.2, 0.25) is 0 Å². The van der Waals surface area contributed by atoms with Crippen LogP contribution in [0.1, 0.15) is 41.0 Å². The fraction of sp³-hybridized carbons (Fsp3) is 0.857. The molecule has 1 saturated heterocycles. The summed E-state index contributed by atoms with van der Waals surface area (Å²) in [4.78, 5) is 25.4. The van der Waals surface area contributed by atoms with E-state index >= 15 is 0 Å². The quantitative estimate of drug-likeness (QED) is 0.724. The largest absolute Gasteiger partial charge is 0.467 e. The monoisotopic (exact) mass is 271 g/mol. The van der Waals surface area contributed by atoms with Crippen molar-refractivity contribution in [1.82, 2.24) is 4.90 Å². The summed E-state index contributed by atoms with van der Waals surface area (Å²) in [6, 6.07) is -0.521. The van der Waals surface area contributed by atoms with Crippen molar-refractivity contribution in [3.8, 4) is 0 Å². The number of hydrogen-bond acceptors (Lipinski definition) is 4. The highest BCUT2D eigenvalue weighted by Crippen LogP contribution is 2.30. The molecule has 0 bridgehead atoms. The summed E-state index contributed by atoms with van der Waals surface area (Å²) >= 11 is 0. The van der Waals surface area contributed by atoms with E-state index in [2.05, 4.69) is 13.8 Å². The minimum atomic E-state index is -0.562. The molecule has 1 heterocycles. The summed E-state index contributed by atoms with van der Waals surface area (Å²) in [6.07, 6.45) is 0.204. The molecule has 1 aliphatic rings. The second-order valence-electron chi connectivity index (χ2n) is 6.41. The number of methoxy groups -OCH3 is 1. The molecular weight excluding hydrogens is 246 g/mol. The Labute approximate surface area is 115 Å². The number of esters is 1. The fourth-order valence-corrected chi connectivity index (χ4v) is 2.23. The first-order valence-corrected chi connectivity index (χ1v) is 6.73. The number of carbonyl (C=O) groups excluding carboxylic acids is 2. The second kappa shape index (κ2) is 5.80. The van der Waals surface area contributed by atoms with Crippen LogP contribution in [-0.2, 0) is 14.3 Å². The van der Waals surface area contributed by atoms with Crippen LogP contribution in [0.5, 0.6) is 0 Å². The first-order chi connectivity index (χ1) is 8.65. The lowest BCUT2D eigenvalue weighted by atomic mass is 9.93. The van der Waals surface area contributed by atoms with Gasteiger partial charge in [0, 0.05) is 6.54 Å². The van der Waals surface area contributed by atoms with E-state index < -0.39 is 17.7 Å². The lowest BCUT2D eigenvalue weighted by Gasteiger charge is -2.27. The zero-order chi connectivity index (χ0) is 14.8. The number of nitrogens with zero attached hydrogens (tertiary/aromatic N) is 1. The summed E-state index contributed by atoms with van der Waals surface area (Å²) in [5.41, 5.74) is -0.562. The molecule has 0 spiro atoms. The number of ether oxygens (including phenoxy) is 2. The Hall–Kier alpha value is -1.26. The number of amides is 1. The molecule has 0 saturated carbocycles. The molecule has 5 nitrogen and oxygen atoms in total. The van der Waals surface area contributed by atoms with E-state index in [1.54, 1.807) is 0 Å². The minimum Gasteiger partial charge on any atom is -0.467 e. The number of hydrogen-bond donors (Lipinski definition) is 0. The van der Waals surface area contributed by atoms with E-state index in [4.69, 9.17) is 9.47 Å². The Kier molecular flexibility index (Phi) is 4.82. The van der Waals surface area contributed by atoms with Crippen molar-refractivity contribution in [1.29, 1.82) is 0 Å². The van der Waals surface area contributed by atoms with E-state index in [0.717, 1.165) is 0 Å². The molecule has 1 fully saturated rings. The molecule has 1 amide bonds. The maximum atomic E-state index is 12.2. The van der Waals surface area contributed by atoms with Gasteiger partial charge in [-0.05, 0) is 39.0 Å². The van der Waals surface area contributed by atoms with Gasteiger partial charge in [0.25, 0.3) is 0 Å². The molecular formula is C14H25NO4. The van der Waals surface area contributed by atoms with Crippen LogP contribution in [0.2, 0.25) is 0 Å². The summed E-state index contributed by atoms with van der Waals surface area (Å²) in [7, 11) is 1.35. The summed E-state index contributed by atoms with van der Waals surface area (Å²) in [6.45, 7) is 10.2. The van der Waals surface area contributed by atoms with Crippen molar-refractivity contribution in [2.75, 3.05) is 13.7 Å². The zero-order valence-corrected chi connectivity index (χ0v) is 12.7. The standard InChI is InChI=1S/C14H25NO4/c1-9(2)10-7-11(12(16)18-6)15(8-10)13(17)19-14(3,4)5/h9-11H,7-8H2,1-6H3/t10-,11+/m1/s1. The lowest BCUT2D eigenvalue weighted by Crippen LogP contribution is -2.43. The van der Waals surface area contributed by atoms with Gasteiger partial charge in [-0.3, -0.25) is 4.90 Å². The molecule has 0 aromatic carbocycles. The van der Waals surface area contributed by atoms with Crippen molar-refractivity contribution in [2.45, 2.75) is 52.7 Å². The highest BCUT2D eigenvalue weighted by Gasteiger charge is 2.42. The first kappa shape index (κ1) is 15.8. The summed E-state index contributed by atoms with van der Waals surface area (Å²) < 4.78 is 10.1. The first-order valence-electron chi connectivity index (χ1n) is 6.73. The maximum absolute atomic E-state index is 12.2. The topological polar surface area (TPSA) is 55.8 Å². The van der Waals surface area contributed by atoms with Gasteiger partial charge in [-0.2, -0.15) is 0 Å². The lowest BCUT2D eigenvalue weighted by molar-refractivity contribution is -0.145. The molecule has 5 heteroatoms. The van der Waals surface area contributed by atoms with Gasteiger partial charge in [-0.1, -0.05) is 13.8 Å². The van der Waals surface area contributed by atoms with Crippen molar-refractivity contribution in [3.05, 3.63) is 0 Å². The minimum absolute atomic E-state index is 0.302. The van der Waals surface area contributed by atoms with Crippen LogP contribution in [0.25, 0.3) is 0 Å². The summed E-state index contributed by atoms with van der Waals surface area (Å²) in [5, 5.41) is 0. The van der Waals surface area contributed by atoms with Gasteiger partial charge in [0.1, 0.15) is 11.6 Å². The van der Waals surface area contributed by atoms with Gasteiger partial charge in [-0.25, -0.2) is 9.59 Å². The fourth-order valence-electron chi connectivity index (χ4n) is 2.23. The van der Waals surface area contributed by atoms with Crippen molar-refractivity contribution >= 4 is 12.1 Å². The SMILES string of the molecule is COC(=O)[C@@H]1C[C@@H](C(C)C)CN1C(=O)OC(C)(C)C. The van der Waals surface area contributed by atoms with Gasteiger partial charge < -0.3 is 9.47 Å². The van der Waals surface area contributed by atoms with E-state index in [0.29, 0.717) is 24.8 Å². The van der Waals surface area contributed by atoms with Crippen LogP contribution in [0.3, 0.4) is 0 Å². The molecule has 110 valence electrons. The van der Waals surface area contributed by atoms with E-state index in [1.165, 1.54) is 12.0 Å². The Bertz CT molecular complexity index is 346. The summed E-state index contributed by atoms with van der Waals surface area (Å²) in [5.74, 6) is 0.352. The predicted molar refractivity (Wildman–Crippen MR) is 71.7 cm³/mol. The molecule has 0 radical (unpaired) electrons. The highest BCUT2D eigenvalue weighted by molar-refractivity contribution is 5.82. The van der Waals surface area contributed by atoms with Crippen LogP contribution in [0, 0.1) is 11.8 Å². The van der Waals surface area contributed by atoms with Crippen LogP contribution >= 0.6 is 0 Å². The third-order valence-corrected chi connectivity index (χ3v) is 3.38. The predicted octanol–water partition coefficient (Wildman–Crippen LogP) is 2.44. The third-order valence-electron chi connectivity index (χ3n) is 3.38. The van der Waals surface area contributed by atoms with Gasteiger partial charge in [-0.15, -0.1) is 0 Å². The Morgan fingerprint density at radius 1 is 1.26 bits per heavy atom. The Morgan fingerprint density at radius 2 is 1.84 bits per heavy atom. The van der Waals surface area contributed by atoms with Crippen molar-refractivity contribution in [3.63, 3.8) is 0 Å². The van der Waals surface area contributed by atoms with Gasteiger partial charge in [0.05, 0.1) is 7.11 Å². The Balaban J connectivity index is 2.83. The van der Waals surface area contributed by atoms with Gasteiger partial charge in [0.15, 0.2) is 0 Å². The highest BCUT2D eigenvalue weighted by atomic mass is 16.6. The number of carbonyl (C=O) groups is 2. The smallest absolute Gasteiger partial charge is 0.411 e. The molecule has 0 unspecified atom stereocenters. The van der Waals surface area contributed by atoms with Gasteiger partial charge >= 0.3 is 12.1 Å². The van der Waals surface area contributed by atoms with Crippen LogP contribution in [0.15, 0.2) is 0 Å². The zero-order valence-electron chi connectivity index (χ0n) is 12.7. The molecule has 1 aliphatic heterocycles. The van der Waals surface area contributed by atoms with Crippen LogP contribution < -0.4 is 0 Å². The second-order valence-corrected chi connectivity index (χ2v) is 6.41. The maximum Gasteiger partial charge on any atom is 0.411 e. The molecule has 1 rings (SSSR count). The Morgan fingerprint density at radius 3 is 2.26 bits per heavy atom. The van der Waals surface area contributed by atoms with Crippen molar-refractivity contribution < 1.29 is 19.1 Å². The molecule has 2 atom stereocenters. The van der Waals surface area contributed by atoms with Crippen LogP contribution in [0.4, 0.5) is 4.79 Å². The van der Waals surface area contributed by atoms with Crippen LogP contribution in [-0.4, -0.2) is 42.3 Å². The van der Waals surface area contributed by atoms with E-state index in [-0.39, 0.29) is 5.97 Å². The number of likely N-dealkylation sites (tertiary alicyclic amines) is 1. The van der Waals surface area contributed by atoms with E-state index in [9.17, 15) is 9.59 Å². The molecule has 19 heavy (non-hydrogen) atoms. The average molecular weight is 271 g/mol. The molecule has 0 N–H and O–H groups in total.